The van der Waals surface area contributed by atoms with Crippen molar-refractivity contribution >= 4 is 23.5 Å². The number of aliphatic carboxylic acids is 1. The Hall–Kier alpha value is -2.37. The van der Waals surface area contributed by atoms with Crippen molar-refractivity contribution in [1.82, 2.24) is 5.32 Å². The molecule has 1 unspecified atom stereocenters. The predicted molar refractivity (Wildman–Crippen MR) is 88.7 cm³/mol. The van der Waals surface area contributed by atoms with E-state index in [4.69, 9.17) is 0 Å². The van der Waals surface area contributed by atoms with Crippen LogP contribution in [0.25, 0.3) is 0 Å². The molecule has 1 saturated heterocycles. The van der Waals surface area contributed by atoms with E-state index in [2.05, 4.69) is 5.32 Å². The van der Waals surface area contributed by atoms with Crippen LogP contribution in [0.5, 0.6) is 0 Å². The first kappa shape index (κ1) is 16.5. The fraction of sp³-hybridized carbons (Fsp3) is 0.500. The molecule has 128 valence electrons. The number of hydrogen-bond donors (Lipinski definition) is 2. The van der Waals surface area contributed by atoms with Crippen LogP contribution in [-0.2, 0) is 14.4 Å². The third-order valence-corrected chi connectivity index (χ3v) is 5.30. The molecule has 1 aliphatic heterocycles. The molecular formula is C18H22N2O4. The van der Waals surface area contributed by atoms with Crippen molar-refractivity contribution in [2.24, 2.45) is 5.92 Å². The number of carbonyl (C=O) groups excluding carboxylic acids is 2. The lowest BCUT2D eigenvalue weighted by molar-refractivity contribution is -0.153. The minimum Gasteiger partial charge on any atom is -0.480 e. The third-order valence-electron chi connectivity index (χ3n) is 5.30. The monoisotopic (exact) mass is 330 g/mol. The van der Waals surface area contributed by atoms with Crippen LogP contribution in [0.15, 0.2) is 18.2 Å². The summed E-state index contributed by atoms with van der Waals surface area (Å²) in [5.41, 5.74) is 1.85. The highest BCUT2D eigenvalue weighted by Gasteiger charge is 2.48. The zero-order valence-corrected chi connectivity index (χ0v) is 14.0. The van der Waals surface area contributed by atoms with Gasteiger partial charge in [0.1, 0.15) is 11.5 Å². The molecule has 2 amide bonds. The van der Waals surface area contributed by atoms with Crippen LogP contribution in [0.4, 0.5) is 5.69 Å². The van der Waals surface area contributed by atoms with Crippen LogP contribution in [0.2, 0.25) is 0 Å². The lowest BCUT2D eigenvalue weighted by atomic mass is 9.76. The van der Waals surface area contributed by atoms with Gasteiger partial charge in [-0.1, -0.05) is 6.07 Å². The summed E-state index contributed by atoms with van der Waals surface area (Å²) >= 11 is 0. The molecule has 6 nitrogen and oxygen atoms in total. The summed E-state index contributed by atoms with van der Waals surface area (Å²) in [6.45, 7) is 4.46. The van der Waals surface area contributed by atoms with E-state index in [1.54, 1.807) is 4.90 Å². The molecule has 0 bridgehead atoms. The maximum absolute atomic E-state index is 12.6. The molecule has 1 atom stereocenters. The normalized spacial score (nSPS) is 22.2. The van der Waals surface area contributed by atoms with Gasteiger partial charge in [-0.05, 0) is 62.8 Å². The van der Waals surface area contributed by atoms with Crippen LogP contribution in [0.3, 0.4) is 0 Å². The summed E-state index contributed by atoms with van der Waals surface area (Å²) in [5.74, 6) is -2.54. The van der Waals surface area contributed by atoms with E-state index in [0.717, 1.165) is 23.2 Å². The molecule has 24 heavy (non-hydrogen) atoms. The van der Waals surface area contributed by atoms with E-state index in [-0.39, 0.29) is 5.91 Å². The number of anilines is 1. The van der Waals surface area contributed by atoms with Crippen LogP contribution in [-0.4, -0.2) is 35.0 Å². The third kappa shape index (κ3) is 2.66. The molecule has 2 aliphatic rings. The summed E-state index contributed by atoms with van der Waals surface area (Å²) in [6.07, 6.45) is 2.04. The Kier molecular flexibility index (Phi) is 4.07. The number of amides is 2. The second-order valence-electron chi connectivity index (χ2n) is 6.83. The van der Waals surface area contributed by atoms with E-state index >= 15 is 0 Å². The van der Waals surface area contributed by atoms with Crippen LogP contribution < -0.4 is 10.2 Å². The lowest BCUT2D eigenvalue weighted by Crippen LogP contribution is -2.60. The SMILES string of the molecule is Cc1ccc(N2CCC(C(=O)NC3(C(=O)O)CCC3)C2=O)cc1C. The van der Waals surface area contributed by atoms with Gasteiger partial charge in [-0.25, -0.2) is 4.79 Å². The predicted octanol–water partition coefficient (Wildman–Crippen LogP) is 1.78. The second kappa shape index (κ2) is 5.92. The van der Waals surface area contributed by atoms with Gasteiger partial charge in [0.25, 0.3) is 0 Å². The average molecular weight is 330 g/mol. The van der Waals surface area contributed by atoms with Crippen LogP contribution >= 0.6 is 0 Å². The van der Waals surface area contributed by atoms with E-state index in [9.17, 15) is 19.5 Å². The zero-order valence-electron chi connectivity index (χ0n) is 14.0. The number of hydrogen-bond acceptors (Lipinski definition) is 3. The van der Waals surface area contributed by atoms with E-state index in [0.29, 0.717) is 25.8 Å². The molecule has 0 spiro atoms. The number of benzene rings is 1. The fourth-order valence-electron chi connectivity index (χ4n) is 3.32. The summed E-state index contributed by atoms with van der Waals surface area (Å²) in [4.78, 5) is 38.1. The molecule has 1 aliphatic carbocycles. The Morgan fingerprint density at radius 1 is 1.25 bits per heavy atom. The number of carbonyl (C=O) groups is 3. The van der Waals surface area contributed by atoms with Crippen molar-refractivity contribution in [3.8, 4) is 0 Å². The molecule has 1 aromatic carbocycles. The number of nitrogens with one attached hydrogen (secondary N) is 1. The Labute approximate surface area is 140 Å². The number of aryl methyl sites for hydroxylation is 2. The van der Waals surface area contributed by atoms with Gasteiger partial charge in [0.2, 0.25) is 11.8 Å². The van der Waals surface area contributed by atoms with Crippen LogP contribution in [0.1, 0.15) is 36.8 Å². The Morgan fingerprint density at radius 2 is 1.96 bits per heavy atom. The molecule has 1 aromatic rings. The van der Waals surface area contributed by atoms with Crippen molar-refractivity contribution in [2.75, 3.05) is 11.4 Å². The van der Waals surface area contributed by atoms with Crippen molar-refractivity contribution < 1.29 is 19.5 Å². The molecule has 1 heterocycles. The highest BCUT2D eigenvalue weighted by molar-refractivity contribution is 6.10. The maximum Gasteiger partial charge on any atom is 0.329 e. The highest BCUT2D eigenvalue weighted by atomic mass is 16.4. The quantitative estimate of drug-likeness (QED) is 0.824. The van der Waals surface area contributed by atoms with E-state index in [1.165, 1.54) is 0 Å². The first-order chi connectivity index (χ1) is 11.3. The van der Waals surface area contributed by atoms with Gasteiger partial charge in [0, 0.05) is 12.2 Å². The first-order valence-corrected chi connectivity index (χ1v) is 8.28. The molecule has 0 radical (unpaired) electrons. The number of carboxylic acid groups (broad SMARTS) is 1. The van der Waals surface area contributed by atoms with Gasteiger partial charge >= 0.3 is 5.97 Å². The summed E-state index contributed by atoms with van der Waals surface area (Å²) in [6, 6.07) is 5.78. The number of carboxylic acids is 1. The summed E-state index contributed by atoms with van der Waals surface area (Å²) < 4.78 is 0. The highest BCUT2D eigenvalue weighted by Crippen LogP contribution is 2.33. The molecule has 6 heteroatoms. The maximum atomic E-state index is 12.6. The smallest absolute Gasteiger partial charge is 0.329 e. The minimum absolute atomic E-state index is 0.254. The van der Waals surface area contributed by atoms with Crippen molar-refractivity contribution in [3.05, 3.63) is 29.3 Å². The lowest BCUT2D eigenvalue weighted by Gasteiger charge is -2.38. The summed E-state index contributed by atoms with van der Waals surface area (Å²) in [5, 5.41) is 11.9. The summed E-state index contributed by atoms with van der Waals surface area (Å²) in [7, 11) is 0. The van der Waals surface area contributed by atoms with Gasteiger partial charge in [0.05, 0.1) is 0 Å². The van der Waals surface area contributed by atoms with Gasteiger partial charge in [-0.2, -0.15) is 0 Å². The minimum atomic E-state index is -1.18. The fourth-order valence-corrected chi connectivity index (χ4v) is 3.32. The number of nitrogens with zero attached hydrogens (tertiary/aromatic N) is 1. The number of rotatable bonds is 4. The second-order valence-corrected chi connectivity index (χ2v) is 6.83. The van der Waals surface area contributed by atoms with Gasteiger partial charge in [-0.3, -0.25) is 9.59 Å². The molecule has 3 rings (SSSR count). The standard InChI is InChI=1S/C18H22N2O4/c1-11-4-5-13(10-12(11)2)20-9-6-14(16(20)22)15(21)19-18(17(23)24)7-3-8-18/h4-5,10,14H,3,6-9H2,1-2H3,(H,19,21)(H,23,24). The van der Waals surface area contributed by atoms with Gasteiger partial charge in [-0.15, -0.1) is 0 Å². The molecule has 1 saturated carbocycles. The Bertz CT molecular complexity index is 709. The largest absolute Gasteiger partial charge is 0.480 e. The molecular weight excluding hydrogens is 308 g/mol. The van der Waals surface area contributed by atoms with Gasteiger partial charge in [0.15, 0.2) is 0 Å². The molecule has 2 fully saturated rings. The van der Waals surface area contributed by atoms with Crippen molar-refractivity contribution in [3.63, 3.8) is 0 Å². The van der Waals surface area contributed by atoms with Gasteiger partial charge < -0.3 is 15.3 Å². The van der Waals surface area contributed by atoms with Crippen molar-refractivity contribution in [1.29, 1.82) is 0 Å². The Balaban J connectivity index is 1.72. The Morgan fingerprint density at radius 3 is 2.50 bits per heavy atom. The first-order valence-electron chi connectivity index (χ1n) is 8.28. The topological polar surface area (TPSA) is 86.7 Å². The van der Waals surface area contributed by atoms with Crippen molar-refractivity contribution in [2.45, 2.75) is 45.1 Å². The molecule has 2 N–H and O–H groups in total. The van der Waals surface area contributed by atoms with E-state index in [1.807, 2.05) is 32.0 Å². The molecule has 0 aromatic heterocycles. The zero-order chi connectivity index (χ0) is 17.5. The van der Waals surface area contributed by atoms with Crippen LogP contribution in [0, 0.1) is 19.8 Å². The van der Waals surface area contributed by atoms with E-state index < -0.39 is 23.3 Å². The average Bonchev–Trinajstić information content (AvgIpc) is 2.87.